The van der Waals surface area contributed by atoms with E-state index in [1.54, 1.807) is 0 Å². The Morgan fingerprint density at radius 2 is 2.13 bits per heavy atom. The zero-order chi connectivity index (χ0) is 16.2. The summed E-state index contributed by atoms with van der Waals surface area (Å²) in [4.78, 5) is 16.4. The van der Waals surface area contributed by atoms with Crippen LogP contribution in [0.25, 0.3) is 11.1 Å². The van der Waals surface area contributed by atoms with Gasteiger partial charge in [0, 0.05) is 5.02 Å². The predicted molar refractivity (Wildman–Crippen MR) is 92.7 cm³/mol. The molecule has 1 aromatic heterocycles. The van der Waals surface area contributed by atoms with Crippen LogP contribution < -0.4 is 5.32 Å². The first-order valence-electron chi connectivity index (χ1n) is 7.15. The SMILES string of the molecule is CC(NC(=O)CSc1nc2ccccc2o1)c1cccc(Cl)c1. The average molecular weight is 347 g/mol. The van der Waals surface area contributed by atoms with Crippen LogP contribution in [-0.4, -0.2) is 16.6 Å². The lowest BCUT2D eigenvalue weighted by Gasteiger charge is -2.14. The molecule has 0 aliphatic rings. The molecule has 0 radical (unpaired) electrons. The van der Waals surface area contributed by atoms with Crippen LogP contribution in [0.1, 0.15) is 18.5 Å². The summed E-state index contributed by atoms with van der Waals surface area (Å²) in [6, 6.07) is 14.9. The molecule has 0 saturated carbocycles. The lowest BCUT2D eigenvalue weighted by Crippen LogP contribution is -2.28. The largest absolute Gasteiger partial charge is 0.431 e. The molecule has 23 heavy (non-hydrogen) atoms. The van der Waals surface area contributed by atoms with E-state index < -0.39 is 0 Å². The average Bonchev–Trinajstić information content (AvgIpc) is 2.96. The monoisotopic (exact) mass is 346 g/mol. The topological polar surface area (TPSA) is 55.1 Å². The minimum absolute atomic E-state index is 0.0790. The molecular formula is C17H15ClN2O2S. The third-order valence-electron chi connectivity index (χ3n) is 3.33. The molecule has 6 heteroatoms. The van der Waals surface area contributed by atoms with Crippen LogP contribution in [0.5, 0.6) is 0 Å². The summed E-state index contributed by atoms with van der Waals surface area (Å²) in [5, 5.41) is 4.09. The van der Waals surface area contributed by atoms with Gasteiger partial charge in [-0.3, -0.25) is 4.79 Å². The minimum Gasteiger partial charge on any atom is -0.431 e. The van der Waals surface area contributed by atoms with E-state index in [9.17, 15) is 4.79 Å². The number of nitrogens with one attached hydrogen (secondary N) is 1. The van der Waals surface area contributed by atoms with Crippen LogP contribution in [0.2, 0.25) is 5.02 Å². The van der Waals surface area contributed by atoms with Crippen LogP contribution in [0, 0.1) is 0 Å². The van der Waals surface area contributed by atoms with E-state index in [0.29, 0.717) is 10.2 Å². The van der Waals surface area contributed by atoms with Crippen molar-refractivity contribution in [3.05, 3.63) is 59.1 Å². The molecule has 1 heterocycles. The number of hydrogen-bond donors (Lipinski definition) is 1. The Hall–Kier alpha value is -1.98. The van der Waals surface area contributed by atoms with Crippen LogP contribution in [0.4, 0.5) is 0 Å². The summed E-state index contributed by atoms with van der Waals surface area (Å²) < 4.78 is 5.58. The first-order valence-corrected chi connectivity index (χ1v) is 8.51. The van der Waals surface area contributed by atoms with Crippen molar-refractivity contribution in [3.8, 4) is 0 Å². The highest BCUT2D eigenvalue weighted by atomic mass is 35.5. The molecule has 1 atom stereocenters. The summed E-state index contributed by atoms with van der Waals surface area (Å²) in [7, 11) is 0. The standard InChI is InChI=1S/C17H15ClN2O2S/c1-11(12-5-4-6-13(18)9-12)19-16(21)10-23-17-20-14-7-2-3-8-15(14)22-17/h2-9,11H,10H2,1H3,(H,19,21). The van der Waals surface area contributed by atoms with Crippen molar-refractivity contribution in [1.82, 2.24) is 10.3 Å². The van der Waals surface area contributed by atoms with Crippen molar-refractivity contribution in [2.24, 2.45) is 0 Å². The molecule has 1 N–H and O–H groups in total. The molecule has 0 aliphatic carbocycles. The van der Waals surface area contributed by atoms with Gasteiger partial charge in [0.15, 0.2) is 5.58 Å². The second kappa shape index (κ2) is 7.06. The fourth-order valence-electron chi connectivity index (χ4n) is 2.18. The quantitative estimate of drug-likeness (QED) is 0.693. The Labute approximate surface area is 143 Å². The Morgan fingerprint density at radius 3 is 2.91 bits per heavy atom. The summed E-state index contributed by atoms with van der Waals surface area (Å²) in [6.45, 7) is 1.92. The molecule has 2 aromatic carbocycles. The number of amides is 1. The number of fused-ring (bicyclic) bond motifs is 1. The highest BCUT2D eigenvalue weighted by molar-refractivity contribution is 7.99. The number of aromatic nitrogens is 1. The zero-order valence-corrected chi connectivity index (χ0v) is 14.0. The number of benzene rings is 2. The number of thioether (sulfide) groups is 1. The molecule has 3 rings (SSSR count). The number of para-hydroxylation sites is 2. The first-order chi connectivity index (χ1) is 11.1. The van der Waals surface area contributed by atoms with E-state index in [0.717, 1.165) is 16.7 Å². The highest BCUT2D eigenvalue weighted by Gasteiger charge is 2.12. The molecule has 0 saturated heterocycles. The van der Waals surface area contributed by atoms with Crippen molar-refractivity contribution < 1.29 is 9.21 Å². The molecule has 0 fully saturated rings. The lowest BCUT2D eigenvalue weighted by molar-refractivity contribution is -0.119. The molecule has 118 valence electrons. The van der Waals surface area contributed by atoms with Gasteiger partial charge in [0.25, 0.3) is 5.22 Å². The van der Waals surface area contributed by atoms with Crippen molar-refractivity contribution in [1.29, 1.82) is 0 Å². The number of carbonyl (C=O) groups excluding carboxylic acids is 1. The fourth-order valence-corrected chi connectivity index (χ4v) is 3.03. The van der Waals surface area contributed by atoms with E-state index in [1.807, 2.05) is 55.5 Å². The Kier molecular flexibility index (Phi) is 4.88. The van der Waals surface area contributed by atoms with Crippen LogP contribution >= 0.6 is 23.4 Å². The lowest BCUT2D eigenvalue weighted by atomic mass is 10.1. The second-order valence-corrected chi connectivity index (χ2v) is 6.44. The van der Waals surface area contributed by atoms with Gasteiger partial charge in [0.2, 0.25) is 5.91 Å². The van der Waals surface area contributed by atoms with Gasteiger partial charge < -0.3 is 9.73 Å². The van der Waals surface area contributed by atoms with Gasteiger partial charge in [-0.25, -0.2) is 4.98 Å². The maximum Gasteiger partial charge on any atom is 0.257 e. The van der Waals surface area contributed by atoms with Crippen molar-refractivity contribution in [2.45, 2.75) is 18.2 Å². The van der Waals surface area contributed by atoms with E-state index >= 15 is 0 Å². The molecule has 1 unspecified atom stereocenters. The maximum absolute atomic E-state index is 12.1. The molecule has 4 nitrogen and oxygen atoms in total. The van der Waals surface area contributed by atoms with Gasteiger partial charge in [0.05, 0.1) is 11.8 Å². The van der Waals surface area contributed by atoms with Gasteiger partial charge in [-0.1, -0.05) is 47.6 Å². The summed E-state index contributed by atoms with van der Waals surface area (Å²) >= 11 is 7.25. The molecular weight excluding hydrogens is 332 g/mol. The smallest absolute Gasteiger partial charge is 0.257 e. The fraction of sp³-hybridized carbons (Fsp3) is 0.176. The van der Waals surface area contributed by atoms with Crippen LogP contribution in [0.3, 0.4) is 0 Å². The number of hydrogen-bond acceptors (Lipinski definition) is 4. The van der Waals surface area contributed by atoms with Gasteiger partial charge >= 0.3 is 0 Å². The van der Waals surface area contributed by atoms with E-state index in [1.165, 1.54) is 11.8 Å². The maximum atomic E-state index is 12.1. The molecule has 0 bridgehead atoms. The zero-order valence-electron chi connectivity index (χ0n) is 12.5. The van der Waals surface area contributed by atoms with E-state index in [2.05, 4.69) is 10.3 Å². The van der Waals surface area contributed by atoms with E-state index in [4.69, 9.17) is 16.0 Å². The Morgan fingerprint density at radius 1 is 1.30 bits per heavy atom. The third kappa shape index (κ3) is 4.06. The van der Waals surface area contributed by atoms with Gasteiger partial charge in [-0.2, -0.15) is 0 Å². The van der Waals surface area contributed by atoms with Gasteiger partial charge in [-0.05, 0) is 36.8 Å². The molecule has 1 amide bonds. The summed E-state index contributed by atoms with van der Waals surface area (Å²) in [5.74, 6) is 0.169. The summed E-state index contributed by atoms with van der Waals surface area (Å²) in [6.07, 6.45) is 0. The van der Waals surface area contributed by atoms with Gasteiger partial charge in [0.1, 0.15) is 5.52 Å². The molecule has 0 aliphatic heterocycles. The van der Waals surface area contributed by atoms with Gasteiger partial charge in [-0.15, -0.1) is 0 Å². The Balaban J connectivity index is 1.57. The normalized spacial score (nSPS) is 12.3. The summed E-state index contributed by atoms with van der Waals surface area (Å²) in [5.41, 5.74) is 2.49. The number of halogens is 1. The number of oxazole rings is 1. The number of carbonyl (C=O) groups is 1. The molecule has 0 spiro atoms. The number of nitrogens with zero attached hydrogens (tertiary/aromatic N) is 1. The number of rotatable bonds is 5. The predicted octanol–water partition coefficient (Wildman–Crippen LogP) is 4.45. The van der Waals surface area contributed by atoms with Crippen LogP contribution in [0.15, 0.2) is 58.2 Å². The first kappa shape index (κ1) is 15.9. The second-order valence-electron chi connectivity index (χ2n) is 5.08. The third-order valence-corrected chi connectivity index (χ3v) is 4.39. The minimum atomic E-state index is -0.106. The van der Waals surface area contributed by atoms with Crippen molar-refractivity contribution >= 4 is 40.4 Å². The Bertz CT molecular complexity index is 801. The van der Waals surface area contributed by atoms with Crippen LogP contribution in [-0.2, 0) is 4.79 Å². The van der Waals surface area contributed by atoms with E-state index in [-0.39, 0.29) is 17.7 Å². The highest BCUT2D eigenvalue weighted by Crippen LogP contribution is 2.23. The van der Waals surface area contributed by atoms with Crippen molar-refractivity contribution in [3.63, 3.8) is 0 Å². The molecule has 3 aromatic rings. The van der Waals surface area contributed by atoms with Crippen molar-refractivity contribution in [2.75, 3.05) is 5.75 Å².